The molecular formula is C24H32N2O2. The number of benzene rings is 1. The number of carbonyl (C=O) groups is 1. The molecule has 2 aromatic rings. The Morgan fingerprint density at radius 3 is 2.29 bits per heavy atom. The molecule has 0 radical (unpaired) electrons. The van der Waals surface area contributed by atoms with Crippen LogP contribution in [-0.4, -0.2) is 22.0 Å². The molecule has 1 aliphatic rings. The van der Waals surface area contributed by atoms with Crippen molar-refractivity contribution < 1.29 is 9.53 Å². The Bertz CT molecular complexity index is 732. The molecule has 4 nitrogen and oxygen atoms in total. The molecule has 0 aliphatic heterocycles. The van der Waals surface area contributed by atoms with Gasteiger partial charge >= 0.3 is 5.97 Å². The summed E-state index contributed by atoms with van der Waals surface area (Å²) in [6.07, 6.45) is 14.1. The highest BCUT2D eigenvalue weighted by Crippen LogP contribution is 2.29. The molecule has 28 heavy (non-hydrogen) atoms. The molecule has 0 amide bonds. The van der Waals surface area contributed by atoms with Gasteiger partial charge in [-0.3, -0.25) is 0 Å². The van der Waals surface area contributed by atoms with Crippen LogP contribution in [0.3, 0.4) is 0 Å². The molecule has 3 rings (SSSR count). The minimum Gasteiger partial charge on any atom is -0.459 e. The Morgan fingerprint density at radius 2 is 1.68 bits per heavy atom. The molecular weight excluding hydrogens is 348 g/mol. The molecule has 0 N–H and O–H groups in total. The third kappa shape index (κ3) is 5.63. The van der Waals surface area contributed by atoms with E-state index in [9.17, 15) is 4.79 Å². The van der Waals surface area contributed by atoms with Gasteiger partial charge in [0, 0.05) is 18.0 Å². The molecule has 1 heterocycles. The maximum absolute atomic E-state index is 12.5. The predicted molar refractivity (Wildman–Crippen MR) is 112 cm³/mol. The van der Waals surface area contributed by atoms with E-state index >= 15 is 0 Å². The van der Waals surface area contributed by atoms with Gasteiger partial charge in [-0.15, -0.1) is 0 Å². The molecule has 150 valence electrons. The van der Waals surface area contributed by atoms with E-state index in [0.717, 1.165) is 37.2 Å². The highest BCUT2D eigenvalue weighted by molar-refractivity contribution is 5.90. The first kappa shape index (κ1) is 20.5. The van der Waals surface area contributed by atoms with Gasteiger partial charge in [-0.2, -0.15) is 0 Å². The van der Waals surface area contributed by atoms with E-state index in [1.165, 1.54) is 37.7 Å². The summed E-state index contributed by atoms with van der Waals surface area (Å²) in [6.45, 7) is 4.42. The molecule has 1 fully saturated rings. The Hall–Kier alpha value is -2.23. The fraction of sp³-hybridized carbons (Fsp3) is 0.542. The summed E-state index contributed by atoms with van der Waals surface area (Å²) < 4.78 is 5.73. The van der Waals surface area contributed by atoms with Crippen molar-refractivity contribution in [3.63, 3.8) is 0 Å². The summed E-state index contributed by atoms with van der Waals surface area (Å²) >= 11 is 0. The van der Waals surface area contributed by atoms with Crippen molar-refractivity contribution >= 4 is 5.97 Å². The second-order valence-corrected chi connectivity index (χ2v) is 7.93. The SMILES string of the molecule is CCCCc1cnc(-c2ccc(C(=O)O[C@H]3CC[C@H](CCC)CC3)cc2)nc1. The van der Waals surface area contributed by atoms with Crippen LogP contribution in [0.2, 0.25) is 0 Å². The summed E-state index contributed by atoms with van der Waals surface area (Å²) in [6, 6.07) is 7.43. The van der Waals surface area contributed by atoms with Crippen molar-refractivity contribution in [1.29, 1.82) is 0 Å². The normalized spacial score (nSPS) is 19.4. The number of hydrogen-bond acceptors (Lipinski definition) is 4. The number of aromatic nitrogens is 2. The van der Waals surface area contributed by atoms with Gasteiger partial charge < -0.3 is 4.74 Å². The highest BCUT2D eigenvalue weighted by atomic mass is 16.5. The zero-order valence-corrected chi connectivity index (χ0v) is 17.2. The largest absolute Gasteiger partial charge is 0.459 e. The fourth-order valence-electron chi connectivity index (χ4n) is 3.94. The third-order valence-electron chi connectivity index (χ3n) is 5.67. The first-order valence-electron chi connectivity index (χ1n) is 10.8. The third-order valence-corrected chi connectivity index (χ3v) is 5.67. The number of unbranched alkanes of at least 4 members (excludes halogenated alkanes) is 1. The molecule has 1 aromatic heterocycles. The first-order chi connectivity index (χ1) is 13.7. The Morgan fingerprint density at radius 1 is 1.00 bits per heavy atom. The predicted octanol–water partition coefficient (Wildman–Crippen LogP) is 6.00. The number of ether oxygens (including phenoxy) is 1. The number of carbonyl (C=O) groups excluding carboxylic acids is 1. The molecule has 0 atom stereocenters. The van der Waals surface area contributed by atoms with E-state index in [1.54, 1.807) is 0 Å². The van der Waals surface area contributed by atoms with Crippen LogP contribution in [0.25, 0.3) is 11.4 Å². The lowest BCUT2D eigenvalue weighted by molar-refractivity contribution is 0.0161. The average Bonchev–Trinajstić information content (AvgIpc) is 2.74. The van der Waals surface area contributed by atoms with Crippen molar-refractivity contribution in [1.82, 2.24) is 9.97 Å². The van der Waals surface area contributed by atoms with Gasteiger partial charge in [0.2, 0.25) is 0 Å². The number of aryl methyl sites for hydroxylation is 1. The lowest BCUT2D eigenvalue weighted by atomic mass is 9.85. The van der Waals surface area contributed by atoms with E-state index in [-0.39, 0.29) is 12.1 Å². The van der Waals surface area contributed by atoms with Gasteiger partial charge in [0.25, 0.3) is 0 Å². The van der Waals surface area contributed by atoms with Crippen LogP contribution in [0, 0.1) is 5.92 Å². The van der Waals surface area contributed by atoms with E-state index in [1.807, 2.05) is 36.7 Å². The van der Waals surface area contributed by atoms with Gasteiger partial charge in [0.1, 0.15) is 6.10 Å². The Kier molecular flexibility index (Phi) is 7.58. The molecule has 0 spiro atoms. The molecule has 1 aliphatic carbocycles. The second-order valence-electron chi connectivity index (χ2n) is 7.93. The van der Waals surface area contributed by atoms with Crippen LogP contribution >= 0.6 is 0 Å². The Labute approximate surface area is 168 Å². The van der Waals surface area contributed by atoms with Crippen molar-refractivity contribution in [3.8, 4) is 11.4 Å². The monoisotopic (exact) mass is 380 g/mol. The minimum atomic E-state index is -0.221. The standard InChI is InChI=1S/C24H32N2O2/c1-3-5-7-19-16-25-23(26-17-19)20-10-12-21(13-11-20)24(27)28-22-14-8-18(6-4-2)9-15-22/h10-13,16-18,22H,3-9,14-15H2,1-2H3/t18-,22-. The summed E-state index contributed by atoms with van der Waals surface area (Å²) in [5, 5.41) is 0. The average molecular weight is 381 g/mol. The van der Waals surface area contributed by atoms with Crippen molar-refractivity contribution in [2.75, 3.05) is 0 Å². The maximum atomic E-state index is 12.5. The molecule has 1 saturated carbocycles. The highest BCUT2D eigenvalue weighted by Gasteiger charge is 2.23. The summed E-state index contributed by atoms with van der Waals surface area (Å²) in [7, 11) is 0. The van der Waals surface area contributed by atoms with Crippen LogP contribution in [0.1, 0.15) is 81.1 Å². The minimum absolute atomic E-state index is 0.0688. The van der Waals surface area contributed by atoms with Gasteiger partial charge in [0.15, 0.2) is 5.82 Å². The van der Waals surface area contributed by atoms with Gasteiger partial charge in [-0.05, 0) is 62.1 Å². The number of nitrogens with zero attached hydrogens (tertiary/aromatic N) is 2. The number of rotatable bonds is 8. The molecule has 0 saturated heterocycles. The van der Waals surface area contributed by atoms with Crippen LogP contribution in [0.5, 0.6) is 0 Å². The summed E-state index contributed by atoms with van der Waals surface area (Å²) in [5.41, 5.74) is 2.68. The lowest BCUT2D eigenvalue weighted by Crippen LogP contribution is -2.24. The van der Waals surface area contributed by atoms with Crippen molar-refractivity contribution in [2.24, 2.45) is 5.92 Å². The van der Waals surface area contributed by atoms with Crippen LogP contribution in [0.15, 0.2) is 36.7 Å². The molecule has 1 aromatic carbocycles. The van der Waals surface area contributed by atoms with E-state index in [0.29, 0.717) is 11.4 Å². The van der Waals surface area contributed by atoms with E-state index in [2.05, 4.69) is 23.8 Å². The van der Waals surface area contributed by atoms with E-state index in [4.69, 9.17) is 4.74 Å². The molecule has 0 bridgehead atoms. The van der Waals surface area contributed by atoms with Crippen LogP contribution < -0.4 is 0 Å². The van der Waals surface area contributed by atoms with Crippen LogP contribution in [0.4, 0.5) is 0 Å². The zero-order valence-electron chi connectivity index (χ0n) is 17.2. The molecule has 0 unspecified atom stereocenters. The van der Waals surface area contributed by atoms with Gasteiger partial charge in [-0.25, -0.2) is 14.8 Å². The maximum Gasteiger partial charge on any atom is 0.338 e. The van der Waals surface area contributed by atoms with Crippen molar-refractivity contribution in [2.45, 2.75) is 77.7 Å². The topological polar surface area (TPSA) is 52.1 Å². The quantitative estimate of drug-likeness (QED) is 0.527. The zero-order chi connectivity index (χ0) is 19.8. The van der Waals surface area contributed by atoms with Crippen molar-refractivity contribution in [3.05, 3.63) is 47.8 Å². The number of esters is 1. The summed E-state index contributed by atoms with van der Waals surface area (Å²) in [5.74, 6) is 1.28. The smallest absolute Gasteiger partial charge is 0.338 e. The second kappa shape index (κ2) is 10.4. The van der Waals surface area contributed by atoms with Crippen LogP contribution in [-0.2, 0) is 11.2 Å². The summed E-state index contributed by atoms with van der Waals surface area (Å²) in [4.78, 5) is 21.4. The van der Waals surface area contributed by atoms with E-state index < -0.39 is 0 Å². The first-order valence-corrected chi connectivity index (χ1v) is 10.8. The molecule has 4 heteroatoms. The van der Waals surface area contributed by atoms with Gasteiger partial charge in [0.05, 0.1) is 5.56 Å². The van der Waals surface area contributed by atoms with Gasteiger partial charge in [-0.1, -0.05) is 45.2 Å². The Balaban J connectivity index is 1.54. The fourth-order valence-corrected chi connectivity index (χ4v) is 3.94. The number of hydrogen-bond donors (Lipinski definition) is 0. The lowest BCUT2D eigenvalue weighted by Gasteiger charge is -2.28.